The van der Waals surface area contributed by atoms with E-state index < -0.39 is 0 Å². The fraction of sp³-hybridized carbons (Fsp3) is 0.409. The SMILES string of the molecule is CC1(C)CCC(C)(C)c2cc(/C=C\Cc3ccc(C#N)s3)ccc21. The molecule has 124 valence electrons. The minimum Gasteiger partial charge on any atom is -0.192 e. The molecule has 0 spiro atoms. The van der Waals surface area contributed by atoms with Crippen molar-refractivity contribution in [1.82, 2.24) is 0 Å². The van der Waals surface area contributed by atoms with E-state index in [9.17, 15) is 0 Å². The smallest absolute Gasteiger partial charge is 0.110 e. The van der Waals surface area contributed by atoms with E-state index in [2.05, 4.69) is 64.1 Å². The van der Waals surface area contributed by atoms with E-state index in [0.29, 0.717) is 0 Å². The van der Waals surface area contributed by atoms with E-state index in [1.807, 2.05) is 12.1 Å². The first-order chi connectivity index (χ1) is 11.3. The van der Waals surface area contributed by atoms with Crippen LogP contribution in [-0.2, 0) is 17.3 Å². The Balaban J connectivity index is 1.83. The summed E-state index contributed by atoms with van der Waals surface area (Å²) >= 11 is 1.58. The summed E-state index contributed by atoms with van der Waals surface area (Å²) < 4.78 is 0. The first-order valence-electron chi connectivity index (χ1n) is 8.62. The molecule has 1 aliphatic rings. The van der Waals surface area contributed by atoms with Crippen LogP contribution >= 0.6 is 11.3 Å². The van der Waals surface area contributed by atoms with Crippen molar-refractivity contribution in [2.45, 2.75) is 57.8 Å². The Bertz CT molecular complexity index is 815. The van der Waals surface area contributed by atoms with E-state index in [0.717, 1.165) is 11.3 Å². The highest BCUT2D eigenvalue weighted by atomic mass is 32.1. The topological polar surface area (TPSA) is 23.8 Å². The van der Waals surface area contributed by atoms with Crippen molar-refractivity contribution in [2.24, 2.45) is 0 Å². The number of rotatable bonds is 3. The molecule has 2 aromatic rings. The second-order valence-corrected chi connectivity index (χ2v) is 9.23. The van der Waals surface area contributed by atoms with Crippen molar-refractivity contribution in [1.29, 1.82) is 5.26 Å². The zero-order chi connectivity index (χ0) is 17.4. The molecule has 0 amide bonds. The predicted molar refractivity (Wildman–Crippen MR) is 104 cm³/mol. The molecule has 0 bridgehead atoms. The van der Waals surface area contributed by atoms with Gasteiger partial charge in [-0.2, -0.15) is 5.26 Å². The molecular weight excluding hydrogens is 310 g/mol. The molecule has 0 atom stereocenters. The predicted octanol–water partition coefficient (Wildman–Crippen LogP) is 6.22. The number of hydrogen-bond acceptors (Lipinski definition) is 2. The Labute approximate surface area is 149 Å². The van der Waals surface area contributed by atoms with Crippen molar-refractivity contribution in [2.75, 3.05) is 0 Å². The van der Waals surface area contributed by atoms with Gasteiger partial charge in [0.1, 0.15) is 10.9 Å². The molecule has 24 heavy (non-hydrogen) atoms. The summed E-state index contributed by atoms with van der Waals surface area (Å²) in [5.74, 6) is 0. The molecule has 0 saturated carbocycles. The molecule has 1 nitrogen and oxygen atoms in total. The number of allylic oxidation sites excluding steroid dienone is 1. The van der Waals surface area contributed by atoms with E-state index >= 15 is 0 Å². The van der Waals surface area contributed by atoms with Crippen molar-refractivity contribution in [3.05, 3.63) is 62.9 Å². The Morgan fingerprint density at radius 3 is 2.42 bits per heavy atom. The lowest BCUT2D eigenvalue weighted by Gasteiger charge is -2.42. The highest BCUT2D eigenvalue weighted by Gasteiger charge is 2.36. The van der Waals surface area contributed by atoms with Crippen molar-refractivity contribution in [3.63, 3.8) is 0 Å². The van der Waals surface area contributed by atoms with E-state index in [1.165, 1.54) is 34.4 Å². The van der Waals surface area contributed by atoms with Crippen molar-refractivity contribution in [3.8, 4) is 6.07 Å². The van der Waals surface area contributed by atoms with Crippen LogP contribution in [0.3, 0.4) is 0 Å². The van der Waals surface area contributed by atoms with E-state index in [1.54, 1.807) is 11.3 Å². The van der Waals surface area contributed by atoms with Crippen molar-refractivity contribution < 1.29 is 0 Å². The lowest BCUT2D eigenvalue weighted by atomic mass is 9.63. The average Bonchev–Trinajstić information content (AvgIpc) is 3.00. The Morgan fingerprint density at radius 2 is 1.75 bits per heavy atom. The van der Waals surface area contributed by atoms with Crippen LogP contribution in [0, 0.1) is 11.3 Å². The van der Waals surface area contributed by atoms with Crippen LogP contribution in [0.15, 0.2) is 36.4 Å². The standard InChI is InChI=1S/C22H25NS/c1-21(2)12-13-22(3,4)20-14-16(8-11-19(20)21)6-5-7-17-9-10-18(15-23)24-17/h5-6,8-11,14H,7,12-13H2,1-4H3/b6-5-. The molecule has 0 aliphatic heterocycles. The summed E-state index contributed by atoms with van der Waals surface area (Å²) in [7, 11) is 0. The van der Waals surface area contributed by atoms with Gasteiger partial charge in [-0.15, -0.1) is 11.3 Å². The van der Waals surface area contributed by atoms with Gasteiger partial charge >= 0.3 is 0 Å². The van der Waals surface area contributed by atoms with Crippen LogP contribution in [0.5, 0.6) is 0 Å². The molecule has 1 aromatic heterocycles. The van der Waals surface area contributed by atoms with E-state index in [-0.39, 0.29) is 10.8 Å². The summed E-state index contributed by atoms with van der Waals surface area (Å²) in [5, 5.41) is 8.90. The van der Waals surface area contributed by atoms with Crippen LogP contribution in [0.1, 0.15) is 67.0 Å². The van der Waals surface area contributed by atoms with Gasteiger partial charge in [0, 0.05) is 11.3 Å². The van der Waals surface area contributed by atoms with Crippen LogP contribution in [0.2, 0.25) is 0 Å². The number of nitrogens with zero attached hydrogens (tertiary/aromatic N) is 1. The largest absolute Gasteiger partial charge is 0.192 e. The van der Waals surface area contributed by atoms with Gasteiger partial charge in [-0.3, -0.25) is 0 Å². The molecule has 1 aliphatic carbocycles. The monoisotopic (exact) mass is 335 g/mol. The number of thiophene rings is 1. The van der Waals surface area contributed by atoms with Crippen LogP contribution in [-0.4, -0.2) is 0 Å². The summed E-state index contributed by atoms with van der Waals surface area (Å²) in [5.41, 5.74) is 4.82. The zero-order valence-electron chi connectivity index (χ0n) is 15.0. The van der Waals surface area contributed by atoms with Gasteiger partial charge in [-0.05, 0) is 52.5 Å². The molecule has 1 aromatic carbocycles. The lowest BCUT2D eigenvalue weighted by Crippen LogP contribution is -2.33. The van der Waals surface area contributed by atoms with Crippen LogP contribution < -0.4 is 0 Å². The average molecular weight is 336 g/mol. The van der Waals surface area contributed by atoms with Crippen LogP contribution in [0.4, 0.5) is 0 Å². The number of benzene rings is 1. The minimum atomic E-state index is 0.254. The second kappa shape index (κ2) is 6.22. The molecule has 0 unspecified atom stereocenters. The first kappa shape index (κ1) is 17.0. The normalized spacial score (nSPS) is 18.3. The maximum absolute atomic E-state index is 8.90. The Hall–Kier alpha value is -1.85. The van der Waals surface area contributed by atoms with Gasteiger partial charge in [-0.25, -0.2) is 0 Å². The molecule has 0 saturated heterocycles. The molecule has 3 rings (SSSR count). The fourth-order valence-corrected chi connectivity index (χ4v) is 4.35. The first-order valence-corrected chi connectivity index (χ1v) is 9.44. The molecule has 0 radical (unpaired) electrons. The maximum atomic E-state index is 8.90. The van der Waals surface area contributed by atoms with Crippen LogP contribution in [0.25, 0.3) is 6.08 Å². The van der Waals surface area contributed by atoms with Gasteiger partial charge in [0.15, 0.2) is 0 Å². The minimum absolute atomic E-state index is 0.254. The summed E-state index contributed by atoms with van der Waals surface area (Å²) in [6.45, 7) is 9.45. The molecule has 0 N–H and O–H groups in total. The zero-order valence-corrected chi connectivity index (χ0v) is 15.8. The van der Waals surface area contributed by atoms with Gasteiger partial charge in [0.05, 0.1) is 0 Å². The highest BCUT2D eigenvalue weighted by Crippen LogP contribution is 2.45. The fourth-order valence-electron chi connectivity index (χ4n) is 3.57. The third kappa shape index (κ3) is 3.32. The Kier molecular flexibility index (Phi) is 4.40. The number of hydrogen-bond donors (Lipinski definition) is 0. The maximum Gasteiger partial charge on any atom is 0.110 e. The lowest BCUT2D eigenvalue weighted by molar-refractivity contribution is 0.332. The molecule has 2 heteroatoms. The number of nitriles is 1. The summed E-state index contributed by atoms with van der Waals surface area (Å²) in [6.07, 6.45) is 7.80. The van der Waals surface area contributed by atoms with Gasteiger partial charge in [-0.1, -0.05) is 58.0 Å². The van der Waals surface area contributed by atoms with Gasteiger partial charge in [0.25, 0.3) is 0 Å². The molecule has 1 heterocycles. The quantitative estimate of drug-likeness (QED) is 0.652. The highest BCUT2D eigenvalue weighted by molar-refractivity contribution is 7.12. The van der Waals surface area contributed by atoms with E-state index in [4.69, 9.17) is 5.26 Å². The number of fused-ring (bicyclic) bond motifs is 1. The van der Waals surface area contributed by atoms with Gasteiger partial charge < -0.3 is 0 Å². The van der Waals surface area contributed by atoms with Crippen molar-refractivity contribution >= 4 is 17.4 Å². The third-order valence-electron chi connectivity index (χ3n) is 5.28. The molecule has 0 fully saturated rings. The van der Waals surface area contributed by atoms with Gasteiger partial charge in [0.2, 0.25) is 0 Å². The molecular formula is C22H25NS. The third-order valence-corrected chi connectivity index (χ3v) is 6.29. The summed E-state index contributed by atoms with van der Waals surface area (Å²) in [6, 6.07) is 13.1. The Morgan fingerprint density at radius 1 is 1.04 bits per heavy atom. The summed E-state index contributed by atoms with van der Waals surface area (Å²) in [4.78, 5) is 2.03. The second-order valence-electron chi connectivity index (χ2n) is 8.06.